The van der Waals surface area contributed by atoms with Crippen LogP contribution in [0.25, 0.3) is 0 Å². The highest BCUT2D eigenvalue weighted by atomic mass is 127. The standard InChI is InChI=1S/C19H29N3O4.HI/c1-3-20-19(21-12-14-6-7-16(24-2)15(23)11-14)22-8-10-26-18(13-22)17-5-4-9-25-17;/h6-7,11,17-18,23H,3-5,8-10,12-13H2,1-2H3,(H,20,21);1H. The van der Waals surface area contributed by atoms with E-state index in [1.165, 1.54) is 0 Å². The molecule has 2 N–H and O–H groups in total. The molecular weight excluding hydrogens is 461 g/mol. The number of halogens is 1. The molecule has 3 rings (SSSR count). The average Bonchev–Trinajstić information content (AvgIpc) is 3.20. The van der Waals surface area contributed by atoms with E-state index < -0.39 is 0 Å². The van der Waals surface area contributed by atoms with E-state index in [2.05, 4.69) is 17.1 Å². The van der Waals surface area contributed by atoms with E-state index in [0.29, 0.717) is 18.9 Å². The number of rotatable bonds is 5. The summed E-state index contributed by atoms with van der Waals surface area (Å²) in [5, 5.41) is 13.3. The number of guanidine groups is 1. The molecule has 2 unspecified atom stereocenters. The Labute approximate surface area is 178 Å². The summed E-state index contributed by atoms with van der Waals surface area (Å²) in [6, 6.07) is 5.37. The summed E-state index contributed by atoms with van der Waals surface area (Å²) >= 11 is 0. The van der Waals surface area contributed by atoms with Gasteiger partial charge in [0.05, 0.1) is 26.4 Å². The molecule has 2 aliphatic heterocycles. The molecule has 0 aromatic heterocycles. The highest BCUT2D eigenvalue weighted by molar-refractivity contribution is 14.0. The molecule has 0 saturated carbocycles. The summed E-state index contributed by atoms with van der Waals surface area (Å²) < 4.78 is 16.8. The van der Waals surface area contributed by atoms with Crippen LogP contribution in [0.15, 0.2) is 23.2 Å². The molecule has 1 aromatic rings. The minimum atomic E-state index is 0. The number of phenolic OH excluding ortho intramolecular Hbond substituents is 1. The second-order valence-electron chi connectivity index (χ2n) is 6.58. The van der Waals surface area contributed by atoms with Crippen molar-refractivity contribution in [1.82, 2.24) is 10.2 Å². The number of hydrogen-bond acceptors (Lipinski definition) is 5. The van der Waals surface area contributed by atoms with Crippen molar-refractivity contribution >= 4 is 29.9 Å². The second-order valence-corrected chi connectivity index (χ2v) is 6.58. The maximum Gasteiger partial charge on any atom is 0.194 e. The van der Waals surface area contributed by atoms with E-state index in [4.69, 9.17) is 19.2 Å². The molecular formula is C19H30IN3O4. The van der Waals surface area contributed by atoms with Gasteiger partial charge in [0, 0.05) is 26.2 Å². The third-order valence-corrected chi connectivity index (χ3v) is 4.76. The smallest absolute Gasteiger partial charge is 0.194 e. The predicted octanol–water partition coefficient (Wildman–Crippen LogP) is 2.36. The largest absolute Gasteiger partial charge is 0.504 e. The monoisotopic (exact) mass is 491 g/mol. The maximum atomic E-state index is 9.93. The molecule has 2 fully saturated rings. The van der Waals surface area contributed by atoms with Gasteiger partial charge in [-0.1, -0.05) is 6.07 Å². The fourth-order valence-electron chi connectivity index (χ4n) is 3.41. The van der Waals surface area contributed by atoms with Gasteiger partial charge in [-0.15, -0.1) is 24.0 Å². The van der Waals surface area contributed by atoms with E-state index in [9.17, 15) is 5.11 Å². The number of ether oxygens (including phenoxy) is 3. The zero-order valence-corrected chi connectivity index (χ0v) is 18.3. The zero-order valence-electron chi connectivity index (χ0n) is 16.0. The zero-order chi connectivity index (χ0) is 18.4. The Morgan fingerprint density at radius 2 is 2.15 bits per heavy atom. The van der Waals surface area contributed by atoms with Crippen molar-refractivity contribution < 1.29 is 19.3 Å². The predicted molar refractivity (Wildman–Crippen MR) is 115 cm³/mol. The molecule has 8 heteroatoms. The number of methoxy groups -OCH3 is 1. The number of morpholine rings is 1. The van der Waals surface area contributed by atoms with Crippen molar-refractivity contribution in [2.45, 2.75) is 38.5 Å². The van der Waals surface area contributed by atoms with Crippen molar-refractivity contribution in [2.75, 3.05) is 40.0 Å². The van der Waals surface area contributed by atoms with Crippen LogP contribution in [0.2, 0.25) is 0 Å². The summed E-state index contributed by atoms with van der Waals surface area (Å²) in [6.45, 7) is 6.45. The minimum absolute atomic E-state index is 0. The van der Waals surface area contributed by atoms with Gasteiger partial charge >= 0.3 is 0 Å². The summed E-state index contributed by atoms with van der Waals surface area (Å²) in [4.78, 5) is 6.99. The Bertz CT molecular complexity index is 623. The number of nitrogens with one attached hydrogen (secondary N) is 1. The molecule has 27 heavy (non-hydrogen) atoms. The number of phenols is 1. The Morgan fingerprint density at radius 3 is 2.81 bits per heavy atom. The second kappa shape index (κ2) is 10.9. The molecule has 0 radical (unpaired) electrons. The van der Waals surface area contributed by atoms with Crippen LogP contribution in [0, 0.1) is 0 Å². The van der Waals surface area contributed by atoms with Crippen LogP contribution in [-0.4, -0.2) is 68.1 Å². The van der Waals surface area contributed by atoms with Gasteiger partial charge in [-0.3, -0.25) is 0 Å². The van der Waals surface area contributed by atoms with Crippen molar-refractivity contribution in [2.24, 2.45) is 4.99 Å². The molecule has 2 saturated heterocycles. The van der Waals surface area contributed by atoms with Gasteiger partial charge < -0.3 is 29.5 Å². The molecule has 2 heterocycles. The molecule has 2 aliphatic rings. The molecule has 0 bridgehead atoms. The molecule has 2 atom stereocenters. The fraction of sp³-hybridized carbons (Fsp3) is 0.632. The average molecular weight is 491 g/mol. The summed E-state index contributed by atoms with van der Waals surface area (Å²) in [5.41, 5.74) is 0.933. The third-order valence-electron chi connectivity index (χ3n) is 4.76. The van der Waals surface area contributed by atoms with Gasteiger partial charge in [-0.05, 0) is 37.5 Å². The molecule has 0 amide bonds. The van der Waals surface area contributed by atoms with Crippen LogP contribution < -0.4 is 10.1 Å². The van der Waals surface area contributed by atoms with Crippen LogP contribution in [0.5, 0.6) is 11.5 Å². The van der Waals surface area contributed by atoms with E-state index in [1.54, 1.807) is 19.2 Å². The first-order valence-corrected chi connectivity index (χ1v) is 9.33. The summed E-state index contributed by atoms with van der Waals surface area (Å²) in [6.07, 6.45) is 2.47. The SMILES string of the molecule is CCNC(=NCc1ccc(OC)c(O)c1)N1CCOC(C2CCCO2)C1.I. The van der Waals surface area contributed by atoms with E-state index >= 15 is 0 Å². The van der Waals surface area contributed by atoms with Crippen molar-refractivity contribution in [3.05, 3.63) is 23.8 Å². The highest BCUT2D eigenvalue weighted by Crippen LogP contribution is 2.26. The lowest BCUT2D eigenvalue weighted by atomic mass is 10.1. The lowest BCUT2D eigenvalue weighted by molar-refractivity contribution is -0.0817. The first-order valence-electron chi connectivity index (χ1n) is 9.33. The van der Waals surface area contributed by atoms with Crippen LogP contribution >= 0.6 is 24.0 Å². The Morgan fingerprint density at radius 1 is 1.33 bits per heavy atom. The lowest BCUT2D eigenvalue weighted by Crippen LogP contribution is -2.53. The lowest BCUT2D eigenvalue weighted by Gasteiger charge is -2.37. The maximum absolute atomic E-state index is 9.93. The van der Waals surface area contributed by atoms with Gasteiger partial charge in [-0.2, -0.15) is 0 Å². The van der Waals surface area contributed by atoms with Crippen molar-refractivity contribution in [3.8, 4) is 11.5 Å². The van der Waals surface area contributed by atoms with Gasteiger partial charge in [0.1, 0.15) is 6.10 Å². The number of hydrogen-bond donors (Lipinski definition) is 2. The first kappa shape index (κ1) is 22.0. The van der Waals surface area contributed by atoms with Crippen molar-refractivity contribution in [1.29, 1.82) is 0 Å². The van der Waals surface area contributed by atoms with Crippen LogP contribution in [-0.2, 0) is 16.0 Å². The first-order chi connectivity index (χ1) is 12.7. The Balaban J connectivity index is 0.00000261. The normalized spacial score (nSPS) is 23.0. The van der Waals surface area contributed by atoms with Crippen molar-refractivity contribution in [3.63, 3.8) is 0 Å². The van der Waals surface area contributed by atoms with Gasteiger partial charge in [0.25, 0.3) is 0 Å². The highest BCUT2D eigenvalue weighted by Gasteiger charge is 2.32. The minimum Gasteiger partial charge on any atom is -0.504 e. The Hall–Kier alpha value is -1.26. The van der Waals surface area contributed by atoms with Gasteiger partial charge in [0.2, 0.25) is 0 Å². The number of aliphatic imine (C=N–C) groups is 1. The van der Waals surface area contributed by atoms with E-state index in [-0.39, 0.29) is 41.9 Å². The van der Waals surface area contributed by atoms with Crippen LogP contribution in [0.4, 0.5) is 0 Å². The number of aromatic hydroxyl groups is 1. The van der Waals surface area contributed by atoms with Gasteiger partial charge in [0.15, 0.2) is 17.5 Å². The molecule has 0 aliphatic carbocycles. The summed E-state index contributed by atoms with van der Waals surface area (Å²) in [7, 11) is 1.54. The number of nitrogens with zero attached hydrogens (tertiary/aromatic N) is 2. The van der Waals surface area contributed by atoms with Crippen LogP contribution in [0.1, 0.15) is 25.3 Å². The molecule has 152 valence electrons. The molecule has 1 aromatic carbocycles. The molecule has 0 spiro atoms. The summed E-state index contributed by atoms with van der Waals surface area (Å²) in [5.74, 6) is 1.47. The third kappa shape index (κ3) is 5.86. The van der Waals surface area contributed by atoms with E-state index in [0.717, 1.165) is 50.6 Å². The van der Waals surface area contributed by atoms with E-state index in [1.807, 2.05) is 6.07 Å². The number of benzene rings is 1. The quantitative estimate of drug-likeness (QED) is 0.375. The van der Waals surface area contributed by atoms with Gasteiger partial charge in [-0.25, -0.2) is 4.99 Å². The van der Waals surface area contributed by atoms with Crippen LogP contribution in [0.3, 0.4) is 0 Å². The fourth-order valence-corrected chi connectivity index (χ4v) is 3.41. The molecule has 7 nitrogen and oxygen atoms in total. The topological polar surface area (TPSA) is 75.6 Å². The Kier molecular flexibility index (Phi) is 8.91.